The second-order valence-corrected chi connectivity index (χ2v) is 8.51. The maximum absolute atomic E-state index is 12.1. The minimum absolute atomic E-state index is 0.294. The van der Waals surface area contributed by atoms with E-state index in [-0.39, 0.29) is 0 Å². The van der Waals surface area contributed by atoms with Crippen molar-refractivity contribution in [3.05, 3.63) is 25.8 Å². The summed E-state index contributed by atoms with van der Waals surface area (Å²) >= 11 is 5.94. The van der Waals surface area contributed by atoms with E-state index in [9.17, 15) is 8.42 Å². The number of thiazole rings is 1. The van der Waals surface area contributed by atoms with E-state index in [4.69, 9.17) is 0 Å². The largest absolute Gasteiger partial charge is 0.264 e. The van der Waals surface area contributed by atoms with Crippen LogP contribution in [0.1, 0.15) is 10.6 Å². The molecule has 2 aromatic heterocycles. The predicted octanol–water partition coefficient (Wildman–Crippen LogP) is 3.38. The molecular formula is C9H9BrN2O2S3. The van der Waals surface area contributed by atoms with Crippen molar-refractivity contribution < 1.29 is 8.42 Å². The van der Waals surface area contributed by atoms with Crippen molar-refractivity contribution >= 4 is 53.8 Å². The third-order valence-electron chi connectivity index (χ3n) is 1.97. The van der Waals surface area contributed by atoms with Crippen molar-refractivity contribution in [2.45, 2.75) is 18.7 Å². The summed E-state index contributed by atoms with van der Waals surface area (Å²) in [4.78, 5) is 5.12. The molecule has 2 rings (SSSR count). The molecule has 0 aliphatic heterocycles. The van der Waals surface area contributed by atoms with E-state index in [1.165, 1.54) is 22.7 Å². The first-order valence-electron chi connectivity index (χ1n) is 4.59. The average Bonchev–Trinajstić information content (AvgIpc) is 2.72. The van der Waals surface area contributed by atoms with Crippen molar-refractivity contribution in [1.29, 1.82) is 0 Å². The van der Waals surface area contributed by atoms with Crippen LogP contribution in [0.25, 0.3) is 0 Å². The molecule has 4 nitrogen and oxygen atoms in total. The molecule has 0 aliphatic rings. The van der Waals surface area contributed by atoms with Crippen LogP contribution in [0.5, 0.6) is 0 Å². The lowest BCUT2D eigenvalue weighted by Crippen LogP contribution is -2.12. The van der Waals surface area contributed by atoms with E-state index in [0.29, 0.717) is 10.0 Å². The van der Waals surface area contributed by atoms with Gasteiger partial charge in [-0.3, -0.25) is 4.72 Å². The Morgan fingerprint density at radius 3 is 2.59 bits per heavy atom. The summed E-state index contributed by atoms with van der Waals surface area (Å²) in [6.07, 6.45) is 0. The molecule has 0 saturated carbocycles. The van der Waals surface area contributed by atoms with Gasteiger partial charge in [0.15, 0.2) is 5.13 Å². The number of thiophene rings is 1. The highest BCUT2D eigenvalue weighted by molar-refractivity contribution is 9.11. The average molecular weight is 353 g/mol. The molecule has 2 heterocycles. The normalized spacial score (nSPS) is 11.7. The van der Waals surface area contributed by atoms with Crippen molar-refractivity contribution in [3.8, 4) is 0 Å². The quantitative estimate of drug-likeness (QED) is 0.920. The number of aryl methyl sites for hydroxylation is 2. The third-order valence-corrected chi connectivity index (χ3v) is 6.12. The molecule has 0 bridgehead atoms. The Bertz CT molecular complexity index is 645. The lowest BCUT2D eigenvalue weighted by atomic mass is 10.5. The molecule has 0 aromatic carbocycles. The first-order valence-corrected chi connectivity index (χ1v) is 8.56. The fraction of sp³-hybridized carbons (Fsp3) is 0.222. The Balaban J connectivity index is 2.34. The number of sulfonamides is 1. The van der Waals surface area contributed by atoms with Crippen LogP contribution in [0.2, 0.25) is 0 Å². The zero-order valence-corrected chi connectivity index (χ0v) is 13.1. The summed E-state index contributed by atoms with van der Waals surface area (Å²) in [5.41, 5.74) is 0.802. The van der Waals surface area contributed by atoms with Gasteiger partial charge in [0.2, 0.25) is 0 Å². The number of rotatable bonds is 3. The van der Waals surface area contributed by atoms with Crippen LogP contribution in [0.4, 0.5) is 5.13 Å². The van der Waals surface area contributed by atoms with Crippen LogP contribution < -0.4 is 4.72 Å². The van der Waals surface area contributed by atoms with E-state index < -0.39 is 10.0 Å². The number of hydrogen-bond donors (Lipinski definition) is 1. The Morgan fingerprint density at radius 1 is 1.41 bits per heavy atom. The van der Waals surface area contributed by atoms with Crippen LogP contribution in [0, 0.1) is 13.8 Å². The maximum Gasteiger partial charge on any atom is 0.264 e. The fourth-order valence-corrected chi connectivity index (χ4v) is 5.62. The van der Waals surface area contributed by atoms with Crippen molar-refractivity contribution in [3.63, 3.8) is 0 Å². The lowest BCUT2D eigenvalue weighted by molar-refractivity contribution is 0.601. The summed E-state index contributed by atoms with van der Waals surface area (Å²) in [6, 6.07) is 1.60. The molecule has 8 heteroatoms. The van der Waals surface area contributed by atoms with Gasteiger partial charge in [-0.15, -0.1) is 22.7 Å². The van der Waals surface area contributed by atoms with E-state index in [1.807, 2.05) is 6.92 Å². The molecule has 0 aliphatic carbocycles. The SMILES string of the molecule is Cc1csc(NS(=O)(=O)c2cc(Br)sc2C)n1. The standard InChI is InChI=1S/C9H9BrN2O2S3/c1-5-4-15-9(11-5)12-17(13,14)7-3-8(10)16-6(7)2/h3-4H,1-2H3,(H,11,12). The summed E-state index contributed by atoms with van der Waals surface area (Å²) in [5, 5.41) is 2.19. The zero-order chi connectivity index (χ0) is 12.6. The van der Waals surface area contributed by atoms with Crippen molar-refractivity contribution in [2.24, 2.45) is 0 Å². The van der Waals surface area contributed by atoms with Gasteiger partial charge >= 0.3 is 0 Å². The Labute approximate surface area is 116 Å². The first-order chi connectivity index (χ1) is 7.88. The minimum Gasteiger partial charge on any atom is -0.255 e. The molecule has 0 atom stereocenters. The lowest BCUT2D eigenvalue weighted by Gasteiger charge is -2.03. The molecule has 0 fully saturated rings. The number of halogens is 1. The van der Waals surface area contributed by atoms with Gasteiger partial charge in [-0.1, -0.05) is 0 Å². The Kier molecular flexibility index (Phi) is 3.58. The number of aromatic nitrogens is 1. The highest BCUT2D eigenvalue weighted by Crippen LogP contribution is 2.31. The van der Waals surface area contributed by atoms with Crippen LogP contribution in [-0.2, 0) is 10.0 Å². The summed E-state index contributed by atoms with van der Waals surface area (Å²) < 4.78 is 27.4. The number of nitrogens with zero attached hydrogens (tertiary/aromatic N) is 1. The molecule has 17 heavy (non-hydrogen) atoms. The molecule has 0 saturated heterocycles. The summed E-state index contributed by atoms with van der Waals surface area (Å²) in [7, 11) is -3.53. The van der Waals surface area contributed by atoms with E-state index in [2.05, 4.69) is 25.6 Å². The predicted molar refractivity (Wildman–Crippen MR) is 74.4 cm³/mol. The van der Waals surface area contributed by atoms with Crippen LogP contribution in [-0.4, -0.2) is 13.4 Å². The number of hydrogen-bond acceptors (Lipinski definition) is 5. The van der Waals surface area contributed by atoms with Crippen LogP contribution >= 0.6 is 38.6 Å². The van der Waals surface area contributed by atoms with Gasteiger partial charge in [0.1, 0.15) is 4.90 Å². The fourth-order valence-electron chi connectivity index (χ4n) is 1.27. The minimum atomic E-state index is -3.53. The van der Waals surface area contributed by atoms with Gasteiger partial charge in [0, 0.05) is 10.3 Å². The maximum atomic E-state index is 12.1. The Hall–Kier alpha value is -0.440. The molecule has 0 unspecified atom stereocenters. The Morgan fingerprint density at radius 2 is 2.12 bits per heavy atom. The number of nitrogens with one attached hydrogen (secondary N) is 1. The third kappa shape index (κ3) is 2.87. The topological polar surface area (TPSA) is 59.1 Å². The molecular weight excluding hydrogens is 344 g/mol. The van der Waals surface area contributed by atoms with Gasteiger partial charge in [0.25, 0.3) is 10.0 Å². The van der Waals surface area contributed by atoms with Gasteiger partial charge in [-0.2, -0.15) is 0 Å². The second kappa shape index (κ2) is 4.68. The number of anilines is 1. The van der Waals surface area contributed by atoms with E-state index in [0.717, 1.165) is 14.4 Å². The van der Waals surface area contributed by atoms with Gasteiger partial charge in [0.05, 0.1) is 9.48 Å². The molecule has 1 N–H and O–H groups in total. The molecule has 92 valence electrons. The second-order valence-electron chi connectivity index (χ2n) is 3.37. The van der Waals surface area contributed by atoms with E-state index in [1.54, 1.807) is 18.4 Å². The summed E-state index contributed by atoms with van der Waals surface area (Å²) in [6.45, 7) is 3.60. The van der Waals surface area contributed by atoms with Gasteiger partial charge < -0.3 is 0 Å². The van der Waals surface area contributed by atoms with E-state index >= 15 is 0 Å². The van der Waals surface area contributed by atoms with Crippen LogP contribution in [0.3, 0.4) is 0 Å². The first kappa shape index (κ1) is 13.0. The van der Waals surface area contributed by atoms with Gasteiger partial charge in [-0.25, -0.2) is 13.4 Å². The van der Waals surface area contributed by atoms with Gasteiger partial charge in [-0.05, 0) is 35.8 Å². The molecule has 0 spiro atoms. The molecule has 2 aromatic rings. The highest BCUT2D eigenvalue weighted by Gasteiger charge is 2.20. The summed E-state index contributed by atoms with van der Waals surface area (Å²) in [5.74, 6) is 0. The zero-order valence-electron chi connectivity index (χ0n) is 9.02. The van der Waals surface area contributed by atoms with Crippen molar-refractivity contribution in [2.75, 3.05) is 4.72 Å². The smallest absolute Gasteiger partial charge is 0.255 e. The molecule has 0 amide bonds. The van der Waals surface area contributed by atoms with Crippen LogP contribution in [0.15, 0.2) is 20.1 Å². The highest BCUT2D eigenvalue weighted by atomic mass is 79.9. The monoisotopic (exact) mass is 352 g/mol. The molecule has 0 radical (unpaired) electrons. The van der Waals surface area contributed by atoms with Crippen molar-refractivity contribution in [1.82, 2.24) is 4.98 Å².